The number of alkyl halides is 3. The molecule has 6 heteroatoms. The minimum atomic E-state index is -4.31. The van der Waals surface area contributed by atoms with Crippen LogP contribution in [0.5, 0.6) is 0 Å². The molecule has 2 rings (SSSR count). The number of halogens is 3. The summed E-state index contributed by atoms with van der Waals surface area (Å²) < 4.78 is 37.5. The molecule has 1 fully saturated rings. The lowest BCUT2D eigenvalue weighted by Crippen LogP contribution is -2.30. The summed E-state index contributed by atoms with van der Waals surface area (Å²) in [4.78, 5) is 12.3. The highest BCUT2D eigenvalue weighted by molar-refractivity contribution is 7.99. The van der Waals surface area contributed by atoms with Gasteiger partial charge in [0.1, 0.15) is 5.78 Å². The number of benzene rings is 1. The molecule has 1 aliphatic rings. The first-order valence-electron chi connectivity index (χ1n) is 7.25. The fraction of sp³-hybridized carbons (Fsp3) is 0.562. The van der Waals surface area contributed by atoms with E-state index in [1.54, 1.807) is 0 Å². The molecular formula is C16H19F3O2S. The molecule has 1 aliphatic carbocycles. The quantitative estimate of drug-likeness (QED) is 0.841. The van der Waals surface area contributed by atoms with Crippen molar-refractivity contribution < 1.29 is 23.1 Å². The number of aliphatic hydroxyl groups excluding tert-OH is 1. The molecule has 0 spiro atoms. The van der Waals surface area contributed by atoms with Crippen molar-refractivity contribution in [3.05, 3.63) is 29.8 Å². The van der Waals surface area contributed by atoms with Crippen molar-refractivity contribution in [2.24, 2.45) is 11.8 Å². The Labute approximate surface area is 132 Å². The van der Waals surface area contributed by atoms with Crippen LogP contribution in [0.3, 0.4) is 0 Å². The van der Waals surface area contributed by atoms with Gasteiger partial charge in [0, 0.05) is 23.5 Å². The third-order valence-electron chi connectivity index (χ3n) is 4.03. The Morgan fingerprint density at radius 1 is 1.27 bits per heavy atom. The summed E-state index contributed by atoms with van der Waals surface area (Å²) in [6, 6.07) is 5.12. The van der Waals surface area contributed by atoms with E-state index in [0.717, 1.165) is 22.8 Å². The van der Waals surface area contributed by atoms with Crippen LogP contribution in [0.1, 0.15) is 31.7 Å². The van der Waals surface area contributed by atoms with Crippen LogP contribution < -0.4 is 0 Å². The standard InChI is InChI=1S/C16H19F3O2S/c1-10(11-6-13(20)8-14(21)7-11)9-22-15-4-2-12(3-5-15)16(17,18)19/h2-5,10-11,13,20H,6-9H2,1H3. The summed E-state index contributed by atoms with van der Waals surface area (Å²) >= 11 is 1.48. The van der Waals surface area contributed by atoms with E-state index >= 15 is 0 Å². The Kier molecular flexibility index (Phi) is 5.55. The molecule has 0 aliphatic heterocycles. The second-order valence-corrected chi connectivity index (χ2v) is 7.00. The molecule has 2 nitrogen and oxygen atoms in total. The van der Waals surface area contributed by atoms with Gasteiger partial charge in [-0.05, 0) is 42.5 Å². The Bertz CT molecular complexity index is 513. The van der Waals surface area contributed by atoms with Crippen molar-refractivity contribution in [3.8, 4) is 0 Å². The van der Waals surface area contributed by atoms with Gasteiger partial charge in [-0.3, -0.25) is 4.79 Å². The fourth-order valence-electron chi connectivity index (χ4n) is 2.69. The summed E-state index contributed by atoms with van der Waals surface area (Å²) in [5, 5.41) is 9.66. The number of rotatable bonds is 4. The van der Waals surface area contributed by atoms with E-state index in [0.29, 0.717) is 12.8 Å². The minimum Gasteiger partial charge on any atom is -0.393 e. The fourth-order valence-corrected chi connectivity index (χ4v) is 3.75. The number of ketones is 1. The molecule has 1 aromatic rings. The van der Waals surface area contributed by atoms with Crippen LogP contribution in [0, 0.1) is 11.8 Å². The molecule has 0 heterocycles. The number of hydrogen-bond acceptors (Lipinski definition) is 3. The molecule has 1 saturated carbocycles. The SMILES string of the molecule is CC(CSc1ccc(C(F)(F)F)cc1)C1CC(=O)CC(O)C1. The molecule has 0 radical (unpaired) electrons. The van der Waals surface area contributed by atoms with Gasteiger partial charge in [-0.15, -0.1) is 11.8 Å². The molecule has 0 amide bonds. The topological polar surface area (TPSA) is 37.3 Å². The zero-order chi connectivity index (χ0) is 16.3. The summed E-state index contributed by atoms with van der Waals surface area (Å²) in [7, 11) is 0. The van der Waals surface area contributed by atoms with Crippen molar-refractivity contribution in [2.75, 3.05) is 5.75 Å². The Balaban J connectivity index is 1.88. The van der Waals surface area contributed by atoms with E-state index in [4.69, 9.17) is 0 Å². The van der Waals surface area contributed by atoms with Crippen molar-refractivity contribution in [2.45, 2.75) is 43.4 Å². The first-order chi connectivity index (χ1) is 10.3. The largest absolute Gasteiger partial charge is 0.416 e. The lowest BCUT2D eigenvalue weighted by Gasteiger charge is -2.29. The van der Waals surface area contributed by atoms with Crippen LogP contribution in [0.15, 0.2) is 29.2 Å². The molecule has 1 aromatic carbocycles. The highest BCUT2D eigenvalue weighted by Crippen LogP contribution is 2.34. The number of aliphatic hydroxyl groups is 1. The van der Waals surface area contributed by atoms with Crippen LogP contribution in [-0.2, 0) is 11.0 Å². The second-order valence-electron chi connectivity index (χ2n) is 5.91. The molecular weight excluding hydrogens is 313 g/mol. The van der Waals surface area contributed by atoms with Crippen LogP contribution >= 0.6 is 11.8 Å². The van der Waals surface area contributed by atoms with Gasteiger partial charge in [0.25, 0.3) is 0 Å². The van der Waals surface area contributed by atoms with Crippen LogP contribution in [0.4, 0.5) is 13.2 Å². The summed E-state index contributed by atoms with van der Waals surface area (Å²) in [6.07, 6.45) is -3.50. The molecule has 0 saturated heterocycles. The predicted molar refractivity (Wildman–Crippen MR) is 79.7 cm³/mol. The number of thioether (sulfide) groups is 1. The van der Waals surface area contributed by atoms with E-state index in [9.17, 15) is 23.1 Å². The normalized spacial score (nSPS) is 24.3. The van der Waals surface area contributed by atoms with E-state index in [1.807, 2.05) is 6.92 Å². The summed E-state index contributed by atoms with van der Waals surface area (Å²) in [5.41, 5.74) is -0.647. The first kappa shape index (κ1) is 17.3. The zero-order valence-corrected chi connectivity index (χ0v) is 13.1. The van der Waals surface area contributed by atoms with Gasteiger partial charge in [-0.1, -0.05) is 6.92 Å². The van der Waals surface area contributed by atoms with E-state index in [2.05, 4.69) is 0 Å². The van der Waals surface area contributed by atoms with Gasteiger partial charge in [0.2, 0.25) is 0 Å². The molecule has 22 heavy (non-hydrogen) atoms. The van der Waals surface area contributed by atoms with Crippen LogP contribution in [-0.4, -0.2) is 22.7 Å². The van der Waals surface area contributed by atoms with Crippen molar-refractivity contribution in [1.29, 1.82) is 0 Å². The van der Waals surface area contributed by atoms with Crippen molar-refractivity contribution in [1.82, 2.24) is 0 Å². The van der Waals surface area contributed by atoms with Crippen molar-refractivity contribution in [3.63, 3.8) is 0 Å². The molecule has 3 unspecified atom stereocenters. The Morgan fingerprint density at radius 2 is 1.91 bits per heavy atom. The molecule has 3 atom stereocenters. The summed E-state index contributed by atoms with van der Waals surface area (Å²) in [5.74, 6) is 1.19. The molecule has 1 N–H and O–H groups in total. The van der Waals surface area contributed by atoms with Crippen LogP contribution in [0.2, 0.25) is 0 Å². The van der Waals surface area contributed by atoms with Gasteiger partial charge in [0.15, 0.2) is 0 Å². The summed E-state index contributed by atoms with van der Waals surface area (Å²) in [6.45, 7) is 2.02. The van der Waals surface area contributed by atoms with Gasteiger partial charge in [0.05, 0.1) is 11.7 Å². The van der Waals surface area contributed by atoms with Crippen LogP contribution in [0.25, 0.3) is 0 Å². The smallest absolute Gasteiger partial charge is 0.393 e. The maximum Gasteiger partial charge on any atom is 0.416 e. The van der Waals surface area contributed by atoms with E-state index in [1.165, 1.54) is 23.9 Å². The molecule has 122 valence electrons. The van der Waals surface area contributed by atoms with Crippen molar-refractivity contribution >= 4 is 17.5 Å². The minimum absolute atomic E-state index is 0.0927. The Morgan fingerprint density at radius 3 is 2.45 bits per heavy atom. The number of carbonyl (C=O) groups is 1. The maximum atomic E-state index is 12.5. The van der Waals surface area contributed by atoms with E-state index in [-0.39, 0.29) is 24.0 Å². The second kappa shape index (κ2) is 7.04. The van der Waals surface area contributed by atoms with Gasteiger partial charge < -0.3 is 5.11 Å². The van der Waals surface area contributed by atoms with E-state index < -0.39 is 17.8 Å². The number of Topliss-reactive ketones (excluding diaryl/α,β-unsaturated/α-hetero) is 1. The first-order valence-corrected chi connectivity index (χ1v) is 8.24. The van der Waals surface area contributed by atoms with Gasteiger partial charge >= 0.3 is 6.18 Å². The highest BCUT2D eigenvalue weighted by atomic mass is 32.2. The highest BCUT2D eigenvalue weighted by Gasteiger charge is 2.31. The van der Waals surface area contributed by atoms with Gasteiger partial charge in [-0.2, -0.15) is 13.2 Å². The third-order valence-corrected chi connectivity index (χ3v) is 5.33. The number of hydrogen-bond donors (Lipinski definition) is 1. The lowest BCUT2D eigenvalue weighted by atomic mass is 9.80. The third kappa shape index (κ3) is 4.74. The average Bonchev–Trinajstić information content (AvgIpc) is 2.43. The zero-order valence-electron chi connectivity index (χ0n) is 12.3. The monoisotopic (exact) mass is 332 g/mol. The predicted octanol–water partition coefficient (Wildman–Crippen LogP) is 4.16. The lowest BCUT2D eigenvalue weighted by molar-refractivity contribution is -0.137. The maximum absolute atomic E-state index is 12.5. The molecule has 0 bridgehead atoms. The van der Waals surface area contributed by atoms with Gasteiger partial charge in [-0.25, -0.2) is 0 Å². The number of carbonyl (C=O) groups excluding carboxylic acids is 1. The molecule has 0 aromatic heterocycles. The Hall–Kier alpha value is -1.01. The average molecular weight is 332 g/mol.